The molecular weight excluding hydrogens is 416 g/mol. The van der Waals surface area contributed by atoms with Crippen molar-refractivity contribution in [3.63, 3.8) is 0 Å². The van der Waals surface area contributed by atoms with Crippen molar-refractivity contribution in [3.05, 3.63) is 52.3 Å². The quantitative estimate of drug-likeness (QED) is 0.483. The first-order chi connectivity index (χ1) is 13.6. The van der Waals surface area contributed by atoms with E-state index in [1.807, 2.05) is 47.0 Å². The van der Waals surface area contributed by atoms with E-state index in [1.54, 1.807) is 26.0 Å². The molecule has 8 heteroatoms. The van der Waals surface area contributed by atoms with E-state index < -0.39 is 0 Å². The normalized spacial score (nSPS) is 11.9. The Kier molecular flexibility index (Phi) is 7.56. The molecule has 0 bridgehead atoms. The van der Waals surface area contributed by atoms with Crippen molar-refractivity contribution < 1.29 is 14.3 Å². The van der Waals surface area contributed by atoms with Gasteiger partial charge in [0.2, 0.25) is 5.91 Å². The van der Waals surface area contributed by atoms with Crippen LogP contribution >= 0.6 is 34.7 Å². The molecule has 0 spiro atoms. The molecule has 0 fully saturated rings. The average molecular weight is 437 g/mol. The Bertz CT molecular complexity index is 1010. The Morgan fingerprint density at radius 1 is 1.21 bits per heavy atom. The van der Waals surface area contributed by atoms with E-state index in [-0.39, 0.29) is 5.91 Å². The molecule has 1 aromatic heterocycles. The summed E-state index contributed by atoms with van der Waals surface area (Å²) in [6.45, 7) is 1.17. The molecule has 3 aromatic rings. The van der Waals surface area contributed by atoms with Crippen molar-refractivity contribution >= 4 is 50.8 Å². The van der Waals surface area contributed by atoms with E-state index in [0.29, 0.717) is 35.1 Å². The number of aromatic nitrogens is 1. The molecule has 3 rings (SSSR count). The fraction of sp³-hybridized carbons (Fsp3) is 0.300. The van der Waals surface area contributed by atoms with Crippen molar-refractivity contribution in [2.45, 2.75) is 17.9 Å². The molecule has 5 nitrogen and oxygen atoms in total. The first kappa shape index (κ1) is 20.9. The van der Waals surface area contributed by atoms with Crippen molar-refractivity contribution in [1.29, 1.82) is 0 Å². The summed E-state index contributed by atoms with van der Waals surface area (Å²) in [4.78, 5) is 18.5. The van der Waals surface area contributed by atoms with Gasteiger partial charge in [-0.15, -0.1) is 11.8 Å². The van der Waals surface area contributed by atoms with Crippen molar-refractivity contribution in [3.8, 4) is 5.75 Å². The number of thioether (sulfide) groups is 1. The molecule has 1 heterocycles. The highest BCUT2D eigenvalue weighted by Crippen LogP contribution is 2.23. The third-order valence-corrected chi connectivity index (χ3v) is 6.32. The summed E-state index contributed by atoms with van der Waals surface area (Å²) < 4.78 is 13.4. The largest absolute Gasteiger partial charge is 0.497 e. The molecule has 1 amide bonds. The van der Waals surface area contributed by atoms with Gasteiger partial charge in [0.05, 0.1) is 23.9 Å². The summed E-state index contributed by atoms with van der Waals surface area (Å²) in [5, 5.41) is 0.668. The number of hydrogen-bond acceptors (Lipinski definition) is 5. The first-order valence-electron chi connectivity index (χ1n) is 8.73. The molecule has 0 radical (unpaired) electrons. The van der Waals surface area contributed by atoms with Gasteiger partial charge < -0.3 is 14.0 Å². The molecule has 2 aromatic carbocycles. The van der Waals surface area contributed by atoms with Crippen LogP contribution in [0.15, 0.2) is 52.4 Å². The van der Waals surface area contributed by atoms with Crippen molar-refractivity contribution in [1.82, 2.24) is 4.57 Å². The van der Waals surface area contributed by atoms with Crippen LogP contribution in [0.25, 0.3) is 10.2 Å². The summed E-state index contributed by atoms with van der Waals surface area (Å²) in [6, 6.07) is 13.5. The molecule has 0 saturated heterocycles. The number of nitrogens with zero attached hydrogens (tertiary/aromatic N) is 2. The van der Waals surface area contributed by atoms with E-state index in [4.69, 9.17) is 21.1 Å². The zero-order valence-corrected chi connectivity index (χ0v) is 18.1. The molecule has 28 heavy (non-hydrogen) atoms. The lowest BCUT2D eigenvalue weighted by atomic mass is 10.3. The lowest BCUT2D eigenvalue weighted by Crippen LogP contribution is -2.19. The van der Waals surface area contributed by atoms with Crippen LogP contribution in [-0.2, 0) is 16.1 Å². The van der Waals surface area contributed by atoms with Crippen LogP contribution in [0.3, 0.4) is 0 Å². The SMILES string of the molecule is COCCn1c(=NC(=O)CCSc2ccc(OC)cc2)sc2cc(Cl)ccc21. The summed E-state index contributed by atoms with van der Waals surface area (Å²) >= 11 is 9.19. The second-order valence-electron chi connectivity index (χ2n) is 5.92. The zero-order chi connectivity index (χ0) is 19.9. The number of halogens is 1. The maximum Gasteiger partial charge on any atom is 0.249 e. The number of thiazole rings is 1. The average Bonchev–Trinajstić information content (AvgIpc) is 3.02. The van der Waals surface area contributed by atoms with Gasteiger partial charge in [0.1, 0.15) is 5.75 Å². The zero-order valence-electron chi connectivity index (χ0n) is 15.7. The highest BCUT2D eigenvalue weighted by Gasteiger charge is 2.09. The molecule has 0 saturated carbocycles. The van der Waals surface area contributed by atoms with Crippen LogP contribution in [0.2, 0.25) is 5.02 Å². The van der Waals surface area contributed by atoms with Crippen LogP contribution < -0.4 is 9.54 Å². The minimum absolute atomic E-state index is 0.134. The second kappa shape index (κ2) is 10.1. The number of rotatable bonds is 8. The van der Waals surface area contributed by atoms with Gasteiger partial charge in [-0.05, 0) is 42.5 Å². The molecule has 0 aliphatic carbocycles. The van der Waals surface area contributed by atoms with E-state index >= 15 is 0 Å². The number of amides is 1. The summed E-state index contributed by atoms with van der Waals surface area (Å²) in [7, 11) is 3.30. The topological polar surface area (TPSA) is 52.8 Å². The van der Waals surface area contributed by atoms with Crippen LogP contribution in [0, 0.1) is 0 Å². The van der Waals surface area contributed by atoms with E-state index in [2.05, 4.69) is 4.99 Å². The number of carbonyl (C=O) groups excluding carboxylic acids is 1. The molecule has 148 valence electrons. The van der Waals surface area contributed by atoms with Gasteiger partial charge in [-0.3, -0.25) is 4.79 Å². The third kappa shape index (κ3) is 5.38. The monoisotopic (exact) mass is 436 g/mol. The fourth-order valence-corrected chi connectivity index (χ4v) is 4.81. The maximum absolute atomic E-state index is 12.4. The summed E-state index contributed by atoms with van der Waals surface area (Å²) in [5.41, 5.74) is 1.01. The van der Waals surface area contributed by atoms with Gasteiger partial charge in [-0.25, -0.2) is 0 Å². The highest BCUT2D eigenvalue weighted by molar-refractivity contribution is 7.99. The Labute approximate surface area is 177 Å². The smallest absolute Gasteiger partial charge is 0.249 e. The molecular formula is C20H21ClN2O3S2. The number of benzene rings is 2. The summed E-state index contributed by atoms with van der Waals surface area (Å²) in [6.07, 6.45) is 0.371. The van der Waals surface area contributed by atoms with E-state index in [9.17, 15) is 4.79 Å². The molecule has 0 unspecified atom stereocenters. The Balaban J connectivity index is 1.71. The lowest BCUT2D eigenvalue weighted by molar-refractivity contribution is -0.117. The van der Waals surface area contributed by atoms with Gasteiger partial charge in [-0.2, -0.15) is 4.99 Å². The third-order valence-electron chi connectivity index (χ3n) is 4.03. The van der Waals surface area contributed by atoms with Crippen LogP contribution in [0.1, 0.15) is 6.42 Å². The number of hydrogen-bond donors (Lipinski definition) is 0. The lowest BCUT2D eigenvalue weighted by Gasteiger charge is -2.04. The summed E-state index contributed by atoms with van der Waals surface area (Å²) in [5.74, 6) is 1.36. The highest BCUT2D eigenvalue weighted by atomic mass is 35.5. The molecule has 0 atom stereocenters. The van der Waals surface area contributed by atoms with Gasteiger partial charge in [-0.1, -0.05) is 22.9 Å². The molecule has 0 aliphatic rings. The van der Waals surface area contributed by atoms with E-state index in [1.165, 1.54) is 11.3 Å². The maximum atomic E-state index is 12.4. The van der Waals surface area contributed by atoms with Gasteiger partial charge in [0.25, 0.3) is 0 Å². The fourth-order valence-electron chi connectivity index (χ4n) is 2.62. The number of methoxy groups -OCH3 is 2. The minimum Gasteiger partial charge on any atom is -0.497 e. The van der Waals surface area contributed by atoms with Gasteiger partial charge in [0, 0.05) is 35.7 Å². The van der Waals surface area contributed by atoms with Crippen LogP contribution in [0.4, 0.5) is 0 Å². The van der Waals surface area contributed by atoms with Gasteiger partial charge in [0.15, 0.2) is 4.80 Å². The Morgan fingerprint density at radius 2 is 2.00 bits per heavy atom. The first-order valence-corrected chi connectivity index (χ1v) is 10.9. The standard InChI is InChI=1S/C20H21ClN2O3S2/c1-25-11-10-23-17-8-3-14(21)13-18(17)28-20(23)22-19(24)9-12-27-16-6-4-15(26-2)5-7-16/h3-8,13H,9-12H2,1-2H3. The van der Waals surface area contributed by atoms with Crippen molar-refractivity contribution in [2.75, 3.05) is 26.6 Å². The van der Waals surface area contributed by atoms with Crippen molar-refractivity contribution in [2.24, 2.45) is 4.99 Å². The van der Waals surface area contributed by atoms with Crippen LogP contribution in [0.5, 0.6) is 5.75 Å². The van der Waals surface area contributed by atoms with E-state index in [0.717, 1.165) is 20.9 Å². The molecule has 0 aliphatic heterocycles. The number of ether oxygens (including phenoxy) is 2. The minimum atomic E-state index is -0.134. The van der Waals surface area contributed by atoms with Gasteiger partial charge >= 0.3 is 0 Å². The second-order valence-corrected chi connectivity index (χ2v) is 8.53. The predicted octanol–water partition coefficient (Wildman–Crippen LogP) is 4.62. The van der Waals surface area contributed by atoms with Crippen LogP contribution in [-0.4, -0.2) is 37.1 Å². The molecule has 0 N–H and O–H groups in total. The Morgan fingerprint density at radius 3 is 2.71 bits per heavy atom. The Hall–Kier alpha value is -1.80. The number of fused-ring (bicyclic) bond motifs is 1. The predicted molar refractivity (Wildman–Crippen MR) is 116 cm³/mol. The number of carbonyl (C=O) groups is 1.